The molecule has 0 unspecified atom stereocenters. The van der Waals surface area contributed by atoms with Gasteiger partial charge in [0.05, 0.1) is 11.9 Å². The van der Waals surface area contributed by atoms with Gasteiger partial charge in [0.1, 0.15) is 11.3 Å². The Morgan fingerprint density at radius 1 is 1.03 bits per heavy atom. The molecule has 4 N–H and O–H groups in total. The fourth-order valence-electron chi connectivity index (χ4n) is 3.08. The molecule has 0 radical (unpaired) electrons. The first-order chi connectivity index (χ1) is 16.1. The topological polar surface area (TPSA) is 123 Å². The third kappa shape index (κ3) is 7.34. The summed E-state index contributed by atoms with van der Waals surface area (Å²) in [6, 6.07) is 20.8. The highest BCUT2D eigenvalue weighted by Crippen LogP contribution is 2.22. The summed E-state index contributed by atoms with van der Waals surface area (Å²) in [6.45, 7) is 2.16. The Bertz CT molecular complexity index is 1180. The fraction of sp³-hybridized carbons (Fsp3) is 0.200. The minimum absolute atomic E-state index is 0. The number of hydrogen-bond acceptors (Lipinski definition) is 8. The second kappa shape index (κ2) is 12.2. The van der Waals surface area contributed by atoms with Crippen molar-refractivity contribution in [2.24, 2.45) is 5.73 Å². The number of benzene rings is 2. The van der Waals surface area contributed by atoms with Crippen LogP contribution in [0.15, 0.2) is 72.9 Å². The molecule has 0 bridgehead atoms. The first-order valence-corrected chi connectivity index (χ1v) is 10.7. The van der Waals surface area contributed by atoms with E-state index >= 15 is 0 Å². The van der Waals surface area contributed by atoms with Crippen LogP contribution in [0.4, 0.5) is 5.82 Å². The highest BCUT2D eigenvalue weighted by molar-refractivity contribution is 5.75. The van der Waals surface area contributed by atoms with Crippen molar-refractivity contribution < 1.29 is 17.6 Å². The van der Waals surface area contributed by atoms with E-state index in [1.807, 2.05) is 11.5 Å². The maximum atomic E-state index is 10.9. The van der Waals surface area contributed by atoms with Gasteiger partial charge in [-0.05, 0) is 67.8 Å². The molecular weight excluding hydrogens is 418 g/mol. The van der Waals surface area contributed by atoms with Crippen LogP contribution in [-0.2, 0) is 11.2 Å². The van der Waals surface area contributed by atoms with Crippen LogP contribution < -0.4 is 16.0 Å². The Labute approximate surface area is 195 Å². The van der Waals surface area contributed by atoms with E-state index in [1.165, 1.54) is 18.9 Å². The first-order valence-electron chi connectivity index (χ1n) is 10.7. The third-order valence-electron chi connectivity index (χ3n) is 4.70. The number of pyridine rings is 1. The number of nitrogens with zero attached hydrogens (tertiary/aromatic N) is 3. The number of rotatable bonds is 7. The number of carbonyl (C=O) groups excluding carboxylic acids is 1. The van der Waals surface area contributed by atoms with Crippen molar-refractivity contribution in [3.8, 4) is 17.0 Å². The van der Waals surface area contributed by atoms with Crippen LogP contribution in [0.25, 0.3) is 22.4 Å². The van der Waals surface area contributed by atoms with Crippen LogP contribution in [0.3, 0.4) is 0 Å². The lowest BCUT2D eigenvalue weighted by molar-refractivity contribution is -0.131. The molecule has 0 atom stereocenters. The summed E-state index contributed by atoms with van der Waals surface area (Å²) in [5, 5.41) is 8.88. The fourth-order valence-corrected chi connectivity index (χ4v) is 3.08. The van der Waals surface area contributed by atoms with Gasteiger partial charge in [-0.2, -0.15) is 0 Å². The van der Waals surface area contributed by atoms with Crippen LogP contribution in [0.1, 0.15) is 28.2 Å². The predicted octanol–water partition coefficient (Wildman–Crippen LogP) is 4.88. The van der Waals surface area contributed by atoms with E-state index in [0.717, 1.165) is 24.9 Å². The van der Waals surface area contributed by atoms with Crippen molar-refractivity contribution in [2.45, 2.75) is 26.2 Å². The Hall–Kier alpha value is -3.88. The van der Waals surface area contributed by atoms with Gasteiger partial charge in [-0.25, -0.2) is 9.97 Å². The molecular formula is C25H31N5O3. The van der Waals surface area contributed by atoms with E-state index in [-0.39, 0.29) is 8.82 Å². The number of unbranched alkanes of at least 4 members (excludes halogenated alkanes) is 1. The summed E-state index contributed by atoms with van der Waals surface area (Å²) in [6.07, 6.45) is 5.14. The summed E-state index contributed by atoms with van der Waals surface area (Å²) in [5.74, 6) is 0.394. The summed E-state index contributed by atoms with van der Waals surface area (Å²) in [5.41, 5.74) is 11.3. The van der Waals surface area contributed by atoms with E-state index in [4.69, 9.17) is 15.7 Å². The molecule has 0 aliphatic heterocycles. The van der Waals surface area contributed by atoms with Gasteiger partial charge in [0.25, 0.3) is 0 Å². The van der Waals surface area contributed by atoms with Gasteiger partial charge >= 0.3 is 5.97 Å². The van der Waals surface area contributed by atoms with Crippen molar-refractivity contribution in [1.29, 1.82) is 0 Å². The predicted molar refractivity (Wildman–Crippen MR) is 132 cm³/mol. The molecule has 2 aromatic carbocycles. The largest absolute Gasteiger partial charge is 0.427 e. The Morgan fingerprint density at radius 2 is 1.79 bits per heavy atom. The van der Waals surface area contributed by atoms with Crippen molar-refractivity contribution in [2.75, 3.05) is 12.0 Å². The second-order valence-electron chi connectivity index (χ2n) is 7.26. The minimum atomic E-state index is -0.369. The molecule has 2 aromatic heterocycles. The van der Waals surface area contributed by atoms with E-state index < -0.39 is 0 Å². The molecule has 0 aliphatic carbocycles. The van der Waals surface area contributed by atoms with Gasteiger partial charge < -0.3 is 10.5 Å². The van der Waals surface area contributed by atoms with E-state index in [0.29, 0.717) is 28.4 Å². The van der Waals surface area contributed by atoms with Gasteiger partial charge in [0.2, 0.25) is 0 Å². The summed E-state index contributed by atoms with van der Waals surface area (Å²) in [7, 11) is 0. The molecule has 0 saturated heterocycles. The summed E-state index contributed by atoms with van der Waals surface area (Å²) >= 11 is 0. The number of carbonyl (C=O) groups is 1. The number of nitrogens with two attached hydrogens (primary N) is 1. The zero-order chi connectivity index (χ0) is 23.5. The van der Waals surface area contributed by atoms with Gasteiger partial charge in [0, 0.05) is 15.3 Å². The third-order valence-corrected chi connectivity index (χ3v) is 4.70. The molecule has 174 valence electrons. The summed E-state index contributed by atoms with van der Waals surface area (Å²) in [4.78, 5) is 23.7. The van der Waals surface area contributed by atoms with Crippen molar-refractivity contribution in [1.82, 2.24) is 15.0 Å². The number of anilines is 1. The maximum absolute atomic E-state index is 10.9. The number of fused-ring (bicyclic) bond motifs is 1. The first kappa shape index (κ1) is 23.8. The molecule has 4 rings (SSSR count). The van der Waals surface area contributed by atoms with Crippen molar-refractivity contribution in [3.63, 3.8) is 0 Å². The van der Waals surface area contributed by atoms with Crippen LogP contribution in [0.2, 0.25) is 0 Å². The van der Waals surface area contributed by atoms with E-state index in [9.17, 15) is 4.79 Å². The zero-order valence-corrected chi connectivity index (χ0v) is 18.4. The monoisotopic (exact) mass is 449 g/mol. The number of aryl methyl sites for hydroxylation is 1. The molecule has 8 heteroatoms. The molecule has 0 spiro atoms. The number of ether oxygens (including phenoxy) is 1. The van der Waals surface area contributed by atoms with Crippen LogP contribution in [0, 0.1) is 0 Å². The normalized spacial score (nSPS) is 10.3. The lowest BCUT2D eigenvalue weighted by Gasteiger charge is -2.05. The lowest BCUT2D eigenvalue weighted by Crippen LogP contribution is -2.01. The molecule has 0 fully saturated rings. The number of esters is 1. The Balaban J connectivity index is 0.000000403. The van der Waals surface area contributed by atoms with Crippen LogP contribution in [0.5, 0.6) is 5.75 Å². The smallest absolute Gasteiger partial charge is 0.308 e. The molecule has 33 heavy (non-hydrogen) atoms. The van der Waals surface area contributed by atoms with E-state index in [1.54, 1.807) is 42.6 Å². The number of nitrogens with one attached hydrogen (secondary N) is 1. The van der Waals surface area contributed by atoms with Crippen LogP contribution >= 0.6 is 0 Å². The quantitative estimate of drug-likeness (QED) is 0.158. The van der Waals surface area contributed by atoms with Gasteiger partial charge in [-0.1, -0.05) is 30.3 Å². The minimum Gasteiger partial charge on any atom is -0.427 e. The molecule has 0 aliphatic rings. The molecule has 2 heterocycles. The standard InChI is InChI=1S/C15H12N4O3.C10H15N.2H2/c1-9(20)22-11-4-2-10(3-5-11)13-8-16-12-6-7-14(19-21)18-15(12)17-13;11-9-5-4-8-10-6-2-1-3-7-10;;/h2-8,21H,1H3,(H,17,18,19);1-3,6-7H,4-5,8-9,11H2;2*1H. The Kier molecular flexibility index (Phi) is 8.81. The van der Waals surface area contributed by atoms with Crippen LogP contribution in [-0.4, -0.2) is 32.7 Å². The maximum Gasteiger partial charge on any atom is 0.308 e. The highest BCUT2D eigenvalue weighted by Gasteiger charge is 2.06. The molecule has 0 saturated carbocycles. The van der Waals surface area contributed by atoms with Crippen molar-refractivity contribution in [3.05, 3.63) is 78.5 Å². The average molecular weight is 450 g/mol. The van der Waals surface area contributed by atoms with Gasteiger partial charge in [-0.15, -0.1) is 0 Å². The van der Waals surface area contributed by atoms with E-state index in [2.05, 4.69) is 39.2 Å². The molecule has 8 nitrogen and oxygen atoms in total. The van der Waals surface area contributed by atoms with Gasteiger partial charge in [0.15, 0.2) is 11.5 Å². The van der Waals surface area contributed by atoms with Gasteiger partial charge in [-0.3, -0.25) is 20.5 Å². The Morgan fingerprint density at radius 3 is 2.45 bits per heavy atom. The number of hydrogen-bond donors (Lipinski definition) is 3. The highest BCUT2D eigenvalue weighted by atomic mass is 16.5. The average Bonchev–Trinajstić information content (AvgIpc) is 2.85. The summed E-state index contributed by atoms with van der Waals surface area (Å²) < 4.78 is 4.98. The second-order valence-corrected chi connectivity index (χ2v) is 7.26. The lowest BCUT2D eigenvalue weighted by atomic mass is 10.1. The number of aromatic nitrogens is 3. The zero-order valence-electron chi connectivity index (χ0n) is 18.4. The molecule has 0 amide bonds. The SMILES string of the molecule is CC(=O)Oc1ccc(-c2cnc3ccc(NO)nc3n2)cc1.NCCCCc1ccccc1.[HH].[HH]. The molecule has 4 aromatic rings. The van der Waals surface area contributed by atoms with Crippen molar-refractivity contribution >= 4 is 23.0 Å².